The number of nitrogens with one attached hydrogen (secondary N) is 1. The minimum absolute atomic E-state index is 0.304. The number of rotatable bonds is 5. The summed E-state index contributed by atoms with van der Waals surface area (Å²) < 4.78 is 0. The first kappa shape index (κ1) is 11.7. The van der Waals surface area contributed by atoms with Crippen LogP contribution in [0.2, 0.25) is 0 Å². The van der Waals surface area contributed by atoms with Crippen molar-refractivity contribution in [1.29, 1.82) is 0 Å². The van der Waals surface area contributed by atoms with Crippen molar-refractivity contribution in [2.24, 2.45) is 0 Å². The van der Waals surface area contributed by atoms with Crippen molar-refractivity contribution in [2.75, 3.05) is 6.54 Å². The summed E-state index contributed by atoms with van der Waals surface area (Å²) in [6.45, 7) is 3.06. The summed E-state index contributed by atoms with van der Waals surface area (Å²) in [7, 11) is 0. The van der Waals surface area contributed by atoms with Gasteiger partial charge in [-0.25, -0.2) is 0 Å². The number of hydrogen-bond acceptors (Lipinski definition) is 3. The molecule has 0 saturated carbocycles. The highest BCUT2D eigenvalue weighted by Gasteiger charge is 2.10. The van der Waals surface area contributed by atoms with E-state index < -0.39 is 0 Å². The van der Waals surface area contributed by atoms with E-state index in [2.05, 4.69) is 46.7 Å². The molecule has 0 aliphatic carbocycles. The molecule has 17 heavy (non-hydrogen) atoms. The molecule has 0 spiro atoms. The lowest BCUT2D eigenvalue weighted by molar-refractivity contribution is 0.546. The van der Waals surface area contributed by atoms with Crippen LogP contribution in [0, 0.1) is 0 Å². The molecule has 0 bridgehead atoms. The van der Waals surface area contributed by atoms with Crippen LogP contribution >= 0.6 is 0 Å². The molecule has 0 amide bonds. The van der Waals surface area contributed by atoms with Crippen molar-refractivity contribution in [1.82, 2.24) is 15.5 Å². The number of nitrogens with zero attached hydrogens (tertiary/aromatic N) is 2. The molecule has 3 heteroatoms. The molecule has 1 aromatic heterocycles. The standard InChI is InChI=1S/C14H17N3/c1-2-15-14(13-8-9-16-17-11-13)10-12-6-4-3-5-7-12/h3-9,11,14-15H,2,10H2,1H3. The third kappa shape index (κ3) is 3.36. The maximum absolute atomic E-state index is 3.94. The Morgan fingerprint density at radius 3 is 2.59 bits per heavy atom. The van der Waals surface area contributed by atoms with Gasteiger partial charge in [-0.2, -0.15) is 10.2 Å². The highest BCUT2D eigenvalue weighted by molar-refractivity contribution is 5.20. The van der Waals surface area contributed by atoms with Gasteiger partial charge < -0.3 is 5.32 Å². The lowest BCUT2D eigenvalue weighted by atomic mass is 10.0. The van der Waals surface area contributed by atoms with E-state index in [1.807, 2.05) is 18.3 Å². The lowest BCUT2D eigenvalue weighted by Gasteiger charge is -2.17. The van der Waals surface area contributed by atoms with Crippen LogP contribution < -0.4 is 5.32 Å². The molecular weight excluding hydrogens is 210 g/mol. The fraction of sp³-hybridized carbons (Fsp3) is 0.286. The van der Waals surface area contributed by atoms with Crippen molar-refractivity contribution >= 4 is 0 Å². The summed E-state index contributed by atoms with van der Waals surface area (Å²) in [6, 6.07) is 12.8. The molecule has 1 aromatic carbocycles. The summed E-state index contributed by atoms with van der Waals surface area (Å²) in [5, 5.41) is 11.2. The van der Waals surface area contributed by atoms with E-state index >= 15 is 0 Å². The molecule has 2 rings (SSSR count). The van der Waals surface area contributed by atoms with Crippen LogP contribution in [0.15, 0.2) is 48.8 Å². The summed E-state index contributed by atoms with van der Waals surface area (Å²) in [5.41, 5.74) is 2.51. The van der Waals surface area contributed by atoms with Gasteiger partial charge in [0.25, 0.3) is 0 Å². The van der Waals surface area contributed by atoms with E-state index in [0.29, 0.717) is 6.04 Å². The van der Waals surface area contributed by atoms with Gasteiger partial charge in [0, 0.05) is 12.2 Å². The van der Waals surface area contributed by atoms with Gasteiger partial charge in [0.05, 0.1) is 6.20 Å². The first-order valence-electron chi connectivity index (χ1n) is 5.94. The smallest absolute Gasteiger partial charge is 0.0544 e. The van der Waals surface area contributed by atoms with Crippen LogP contribution in [0.1, 0.15) is 24.1 Å². The minimum Gasteiger partial charge on any atom is -0.310 e. The average Bonchev–Trinajstić information content (AvgIpc) is 2.40. The molecule has 0 saturated heterocycles. The summed E-state index contributed by atoms with van der Waals surface area (Å²) in [5.74, 6) is 0. The fourth-order valence-electron chi connectivity index (χ4n) is 1.91. The zero-order valence-electron chi connectivity index (χ0n) is 10.0. The minimum atomic E-state index is 0.304. The second kappa shape index (κ2) is 6.11. The number of likely N-dealkylation sites (N-methyl/N-ethyl adjacent to an activating group) is 1. The van der Waals surface area contributed by atoms with Crippen LogP contribution in [-0.2, 0) is 6.42 Å². The largest absolute Gasteiger partial charge is 0.310 e. The highest BCUT2D eigenvalue weighted by Crippen LogP contribution is 2.16. The molecule has 0 aliphatic rings. The molecule has 88 valence electrons. The summed E-state index contributed by atoms with van der Waals surface area (Å²) in [4.78, 5) is 0. The monoisotopic (exact) mass is 227 g/mol. The molecule has 1 atom stereocenters. The topological polar surface area (TPSA) is 37.8 Å². The molecule has 0 radical (unpaired) electrons. The molecule has 3 nitrogen and oxygen atoms in total. The Hall–Kier alpha value is -1.74. The van der Waals surface area contributed by atoms with Crippen molar-refractivity contribution in [3.63, 3.8) is 0 Å². The van der Waals surface area contributed by atoms with Crippen molar-refractivity contribution in [3.05, 3.63) is 59.9 Å². The predicted molar refractivity (Wildman–Crippen MR) is 68.6 cm³/mol. The zero-order valence-corrected chi connectivity index (χ0v) is 10.0. The van der Waals surface area contributed by atoms with Crippen molar-refractivity contribution < 1.29 is 0 Å². The molecule has 0 fully saturated rings. The highest BCUT2D eigenvalue weighted by atomic mass is 15.1. The van der Waals surface area contributed by atoms with Crippen LogP contribution in [0.4, 0.5) is 0 Å². The summed E-state index contributed by atoms with van der Waals surface area (Å²) in [6.07, 6.45) is 4.54. The quantitative estimate of drug-likeness (QED) is 0.852. The Morgan fingerprint density at radius 1 is 1.12 bits per heavy atom. The van der Waals surface area contributed by atoms with Gasteiger partial charge in [-0.3, -0.25) is 0 Å². The first-order chi connectivity index (χ1) is 8.40. The van der Waals surface area contributed by atoms with E-state index in [4.69, 9.17) is 0 Å². The fourth-order valence-corrected chi connectivity index (χ4v) is 1.91. The van der Waals surface area contributed by atoms with E-state index in [-0.39, 0.29) is 0 Å². The second-order valence-electron chi connectivity index (χ2n) is 3.98. The maximum Gasteiger partial charge on any atom is 0.0544 e. The van der Waals surface area contributed by atoms with Gasteiger partial charge in [-0.15, -0.1) is 0 Å². The number of hydrogen-bond donors (Lipinski definition) is 1. The van der Waals surface area contributed by atoms with Gasteiger partial charge in [0.2, 0.25) is 0 Å². The molecule has 1 heterocycles. The Balaban J connectivity index is 2.13. The maximum atomic E-state index is 3.94. The van der Waals surface area contributed by atoms with Crippen LogP contribution in [0.25, 0.3) is 0 Å². The summed E-state index contributed by atoms with van der Waals surface area (Å²) >= 11 is 0. The lowest BCUT2D eigenvalue weighted by Crippen LogP contribution is -2.23. The normalized spacial score (nSPS) is 12.3. The molecule has 1 N–H and O–H groups in total. The Bertz CT molecular complexity index is 428. The first-order valence-corrected chi connectivity index (χ1v) is 5.94. The van der Waals surface area contributed by atoms with Gasteiger partial charge in [0.15, 0.2) is 0 Å². The van der Waals surface area contributed by atoms with Crippen LogP contribution in [-0.4, -0.2) is 16.7 Å². The van der Waals surface area contributed by atoms with Gasteiger partial charge in [0.1, 0.15) is 0 Å². The van der Waals surface area contributed by atoms with E-state index in [9.17, 15) is 0 Å². The third-order valence-corrected chi connectivity index (χ3v) is 2.74. The van der Waals surface area contributed by atoms with E-state index in [0.717, 1.165) is 13.0 Å². The van der Waals surface area contributed by atoms with Gasteiger partial charge >= 0.3 is 0 Å². The van der Waals surface area contributed by atoms with Crippen molar-refractivity contribution in [2.45, 2.75) is 19.4 Å². The molecule has 1 unspecified atom stereocenters. The van der Waals surface area contributed by atoms with Crippen molar-refractivity contribution in [3.8, 4) is 0 Å². The van der Waals surface area contributed by atoms with Crippen LogP contribution in [0.5, 0.6) is 0 Å². The Kier molecular flexibility index (Phi) is 4.22. The van der Waals surface area contributed by atoms with E-state index in [1.165, 1.54) is 11.1 Å². The van der Waals surface area contributed by atoms with Crippen LogP contribution in [0.3, 0.4) is 0 Å². The number of benzene rings is 1. The number of aromatic nitrogens is 2. The van der Waals surface area contributed by atoms with Gasteiger partial charge in [-0.05, 0) is 30.2 Å². The predicted octanol–water partition coefficient (Wildman–Crippen LogP) is 2.37. The molecule has 2 aromatic rings. The Labute approximate surface area is 102 Å². The third-order valence-electron chi connectivity index (χ3n) is 2.74. The molecule has 0 aliphatic heterocycles. The van der Waals surface area contributed by atoms with E-state index in [1.54, 1.807) is 6.20 Å². The second-order valence-corrected chi connectivity index (χ2v) is 3.98. The SMILES string of the molecule is CCNC(Cc1ccccc1)c1ccnnc1. The Morgan fingerprint density at radius 2 is 1.94 bits per heavy atom. The molecular formula is C14H17N3. The van der Waals surface area contributed by atoms with Gasteiger partial charge in [-0.1, -0.05) is 37.3 Å². The zero-order chi connectivity index (χ0) is 11.9. The average molecular weight is 227 g/mol.